The Hall–Kier alpha value is -2.31. The number of ketones is 1. The molecule has 0 amide bonds. The van der Waals surface area contributed by atoms with Gasteiger partial charge in [0.1, 0.15) is 11.8 Å². The van der Waals surface area contributed by atoms with E-state index in [9.17, 15) is 4.79 Å². The minimum Gasteiger partial charge on any atom is -0.479 e. The van der Waals surface area contributed by atoms with Crippen molar-refractivity contribution in [3.8, 4) is 11.8 Å². The van der Waals surface area contributed by atoms with Crippen molar-refractivity contribution in [2.45, 2.75) is 0 Å². The van der Waals surface area contributed by atoms with E-state index >= 15 is 0 Å². The van der Waals surface area contributed by atoms with E-state index in [1.165, 1.54) is 0 Å². The molecule has 0 atom stereocenters. The van der Waals surface area contributed by atoms with Crippen LogP contribution in [0.5, 0.6) is 5.75 Å². The predicted molar refractivity (Wildman–Crippen MR) is 72.4 cm³/mol. The van der Waals surface area contributed by atoms with Crippen LogP contribution >= 0.6 is 11.6 Å². The van der Waals surface area contributed by atoms with Crippen molar-refractivity contribution in [2.75, 3.05) is 6.61 Å². The van der Waals surface area contributed by atoms with Crippen molar-refractivity contribution in [2.24, 2.45) is 0 Å². The molecule has 0 aliphatic rings. The summed E-state index contributed by atoms with van der Waals surface area (Å²) in [5, 5.41) is 9.00. The van der Waals surface area contributed by atoms with Gasteiger partial charge in [0.2, 0.25) is 0 Å². The lowest BCUT2D eigenvalue weighted by Gasteiger charge is -2.04. The fraction of sp³-hybridized carbons (Fsp3) is 0.0667. The maximum absolute atomic E-state index is 12.1. The number of carbonyl (C=O) groups excluding carboxylic acids is 1. The standard InChI is InChI=1S/C15H10ClNO2/c16-13-5-1-11(2-6-13)15(18)12-3-7-14(8-4-12)19-10-9-17/h1-8H,10H2. The third-order valence-corrected chi connectivity index (χ3v) is 2.78. The monoisotopic (exact) mass is 271 g/mol. The lowest BCUT2D eigenvalue weighted by molar-refractivity contribution is 0.103. The van der Waals surface area contributed by atoms with Gasteiger partial charge in [0, 0.05) is 16.1 Å². The fourth-order valence-electron chi connectivity index (χ4n) is 1.59. The average Bonchev–Trinajstić information content (AvgIpc) is 2.46. The average molecular weight is 272 g/mol. The van der Waals surface area contributed by atoms with Crippen molar-refractivity contribution in [3.63, 3.8) is 0 Å². The summed E-state index contributed by atoms with van der Waals surface area (Å²) in [6.45, 7) is -0.00945. The minimum atomic E-state index is -0.0801. The van der Waals surface area contributed by atoms with Gasteiger partial charge in [0.15, 0.2) is 12.4 Å². The summed E-state index contributed by atoms with van der Waals surface area (Å²) in [7, 11) is 0. The molecule has 4 heteroatoms. The first-order valence-corrected chi connectivity index (χ1v) is 5.98. The van der Waals surface area contributed by atoms with Gasteiger partial charge >= 0.3 is 0 Å². The first kappa shape index (κ1) is 13.1. The quantitative estimate of drug-likeness (QED) is 0.800. The Labute approximate surface area is 116 Å². The van der Waals surface area contributed by atoms with E-state index in [1.54, 1.807) is 48.5 Å². The molecule has 0 saturated carbocycles. The highest BCUT2D eigenvalue weighted by Crippen LogP contribution is 2.17. The van der Waals surface area contributed by atoms with Crippen molar-refractivity contribution in [3.05, 3.63) is 64.7 Å². The zero-order valence-corrected chi connectivity index (χ0v) is 10.7. The summed E-state index contributed by atoms with van der Waals surface area (Å²) in [5.74, 6) is 0.484. The van der Waals surface area contributed by atoms with E-state index in [0.29, 0.717) is 21.9 Å². The number of ether oxygens (including phenoxy) is 1. The van der Waals surface area contributed by atoms with E-state index in [0.717, 1.165) is 0 Å². The molecule has 0 aliphatic heterocycles. The summed E-state index contributed by atoms with van der Waals surface area (Å²) in [4.78, 5) is 12.1. The van der Waals surface area contributed by atoms with Crippen LogP contribution in [0, 0.1) is 11.3 Å². The highest BCUT2D eigenvalue weighted by Gasteiger charge is 2.08. The van der Waals surface area contributed by atoms with E-state index in [2.05, 4.69) is 0 Å². The SMILES string of the molecule is N#CCOc1ccc(C(=O)c2ccc(Cl)cc2)cc1. The number of hydrogen-bond donors (Lipinski definition) is 0. The molecule has 0 saturated heterocycles. The van der Waals surface area contributed by atoms with E-state index < -0.39 is 0 Å². The van der Waals surface area contributed by atoms with Crippen LogP contribution in [-0.4, -0.2) is 12.4 Å². The maximum Gasteiger partial charge on any atom is 0.193 e. The lowest BCUT2D eigenvalue weighted by Crippen LogP contribution is -2.01. The Balaban J connectivity index is 2.16. The molecule has 0 heterocycles. The second-order valence-corrected chi connectivity index (χ2v) is 4.24. The second-order valence-electron chi connectivity index (χ2n) is 3.81. The number of halogens is 1. The predicted octanol–water partition coefficient (Wildman–Crippen LogP) is 3.47. The van der Waals surface area contributed by atoms with E-state index in [4.69, 9.17) is 21.6 Å². The van der Waals surface area contributed by atoms with Gasteiger partial charge in [-0.15, -0.1) is 0 Å². The Kier molecular flexibility index (Phi) is 4.17. The molecule has 0 N–H and O–H groups in total. The summed E-state index contributed by atoms with van der Waals surface area (Å²) in [5.41, 5.74) is 1.14. The number of hydrogen-bond acceptors (Lipinski definition) is 3. The van der Waals surface area contributed by atoms with E-state index in [1.807, 2.05) is 6.07 Å². The second kappa shape index (κ2) is 6.03. The number of rotatable bonds is 4. The summed E-state index contributed by atoms with van der Waals surface area (Å²) in [6.07, 6.45) is 0. The summed E-state index contributed by atoms with van der Waals surface area (Å²) < 4.78 is 5.12. The van der Waals surface area contributed by atoms with Gasteiger partial charge in [0.25, 0.3) is 0 Å². The Morgan fingerprint density at radius 1 is 1.05 bits per heavy atom. The molecule has 2 aromatic rings. The molecule has 19 heavy (non-hydrogen) atoms. The number of carbonyl (C=O) groups is 1. The van der Waals surface area contributed by atoms with Gasteiger partial charge in [-0.05, 0) is 48.5 Å². The largest absolute Gasteiger partial charge is 0.479 e. The zero-order chi connectivity index (χ0) is 13.7. The van der Waals surface area contributed by atoms with Crippen LogP contribution in [0.15, 0.2) is 48.5 Å². The minimum absolute atomic E-state index is 0.00945. The van der Waals surface area contributed by atoms with Gasteiger partial charge < -0.3 is 4.74 Å². The van der Waals surface area contributed by atoms with Gasteiger partial charge in [0.05, 0.1) is 0 Å². The normalized spacial score (nSPS) is 9.68. The van der Waals surface area contributed by atoms with Crippen LogP contribution < -0.4 is 4.74 Å². The molecule has 0 radical (unpaired) electrons. The van der Waals surface area contributed by atoms with Crippen molar-refractivity contribution < 1.29 is 9.53 Å². The van der Waals surface area contributed by atoms with Gasteiger partial charge in [-0.25, -0.2) is 0 Å². The summed E-state index contributed by atoms with van der Waals surface area (Å²) in [6, 6.07) is 15.3. The Bertz CT molecular complexity index is 612. The molecular weight excluding hydrogens is 262 g/mol. The van der Waals surface area contributed by atoms with Crippen LogP contribution in [0.4, 0.5) is 0 Å². The number of benzene rings is 2. The van der Waals surface area contributed by atoms with Gasteiger partial charge in [-0.1, -0.05) is 11.6 Å². The molecular formula is C15H10ClNO2. The van der Waals surface area contributed by atoms with E-state index in [-0.39, 0.29) is 12.4 Å². The smallest absolute Gasteiger partial charge is 0.193 e. The summed E-state index contributed by atoms with van der Waals surface area (Å²) >= 11 is 5.78. The fourth-order valence-corrected chi connectivity index (χ4v) is 1.71. The van der Waals surface area contributed by atoms with Crippen LogP contribution in [0.2, 0.25) is 5.02 Å². The molecule has 0 fully saturated rings. The molecule has 94 valence electrons. The molecule has 3 nitrogen and oxygen atoms in total. The molecule has 0 spiro atoms. The van der Waals surface area contributed by atoms with Gasteiger partial charge in [-0.3, -0.25) is 4.79 Å². The number of nitrogens with zero attached hydrogens (tertiary/aromatic N) is 1. The maximum atomic E-state index is 12.1. The topological polar surface area (TPSA) is 50.1 Å². The van der Waals surface area contributed by atoms with Gasteiger partial charge in [-0.2, -0.15) is 5.26 Å². The van der Waals surface area contributed by atoms with Crippen LogP contribution in [0.25, 0.3) is 0 Å². The third kappa shape index (κ3) is 3.34. The molecule has 2 rings (SSSR count). The first-order valence-electron chi connectivity index (χ1n) is 5.61. The van der Waals surface area contributed by atoms with Crippen molar-refractivity contribution in [1.29, 1.82) is 5.26 Å². The van der Waals surface area contributed by atoms with Crippen LogP contribution in [-0.2, 0) is 0 Å². The van der Waals surface area contributed by atoms with Crippen molar-refractivity contribution in [1.82, 2.24) is 0 Å². The van der Waals surface area contributed by atoms with Crippen molar-refractivity contribution >= 4 is 17.4 Å². The zero-order valence-electron chi connectivity index (χ0n) is 9.97. The first-order chi connectivity index (χ1) is 9.20. The lowest BCUT2D eigenvalue weighted by atomic mass is 10.0. The molecule has 0 unspecified atom stereocenters. The highest BCUT2D eigenvalue weighted by molar-refractivity contribution is 6.30. The Morgan fingerprint density at radius 3 is 2.11 bits per heavy atom. The molecule has 0 bridgehead atoms. The molecule has 2 aromatic carbocycles. The third-order valence-electron chi connectivity index (χ3n) is 2.53. The van der Waals surface area contributed by atoms with Crippen LogP contribution in [0.1, 0.15) is 15.9 Å². The molecule has 0 aliphatic carbocycles. The van der Waals surface area contributed by atoms with Crippen LogP contribution in [0.3, 0.4) is 0 Å². The number of nitriles is 1. The highest BCUT2D eigenvalue weighted by atomic mass is 35.5. The molecule has 0 aromatic heterocycles. The Morgan fingerprint density at radius 2 is 1.58 bits per heavy atom.